The predicted octanol–water partition coefficient (Wildman–Crippen LogP) is 8.16. The summed E-state index contributed by atoms with van der Waals surface area (Å²) in [4.78, 5) is 1.76. The standard InChI is InChI=1S/C26H17F12N5/c1-42-40-22(39-41-42)43(12-14-8-17(24(30,31)32)11-18(9-14)25(33,34)35)13-15-10-16(23(27,28)29)6-7-19(15)20-4-2-3-5-21(20)26(36,37)38/h2-11H,12-13H2,1H3. The van der Waals surface area contributed by atoms with Gasteiger partial charge in [-0.1, -0.05) is 29.4 Å². The monoisotopic (exact) mass is 627 g/mol. The molecule has 0 aliphatic heterocycles. The van der Waals surface area contributed by atoms with Gasteiger partial charge in [0.15, 0.2) is 0 Å². The number of alkyl halides is 12. The van der Waals surface area contributed by atoms with Crippen LogP contribution in [0.3, 0.4) is 0 Å². The first-order chi connectivity index (χ1) is 19.7. The number of anilines is 1. The molecule has 5 nitrogen and oxygen atoms in total. The molecule has 0 atom stereocenters. The first-order valence-corrected chi connectivity index (χ1v) is 11.9. The Balaban J connectivity index is 1.89. The van der Waals surface area contributed by atoms with Crippen molar-refractivity contribution >= 4 is 5.95 Å². The van der Waals surface area contributed by atoms with Crippen molar-refractivity contribution < 1.29 is 52.7 Å². The van der Waals surface area contributed by atoms with Gasteiger partial charge < -0.3 is 4.90 Å². The van der Waals surface area contributed by atoms with Gasteiger partial charge in [0.05, 0.1) is 29.3 Å². The van der Waals surface area contributed by atoms with E-state index in [1.165, 1.54) is 13.1 Å². The van der Waals surface area contributed by atoms with Crippen LogP contribution in [0.1, 0.15) is 33.4 Å². The van der Waals surface area contributed by atoms with E-state index < -0.39 is 82.7 Å². The molecule has 0 aliphatic rings. The highest BCUT2D eigenvalue weighted by Gasteiger charge is 2.38. The summed E-state index contributed by atoms with van der Waals surface area (Å²) in [7, 11) is 1.26. The summed E-state index contributed by atoms with van der Waals surface area (Å²) in [5.41, 5.74) is -7.57. The summed E-state index contributed by atoms with van der Waals surface area (Å²) in [5.74, 6) is -0.430. The Morgan fingerprint density at radius 3 is 1.72 bits per heavy atom. The summed E-state index contributed by atoms with van der Waals surface area (Å²) in [6.07, 6.45) is -20.3. The summed E-state index contributed by atoms with van der Waals surface area (Å²) >= 11 is 0. The maximum Gasteiger partial charge on any atom is 0.417 e. The molecule has 0 amide bonds. The van der Waals surface area contributed by atoms with E-state index >= 15 is 0 Å². The van der Waals surface area contributed by atoms with E-state index in [9.17, 15) is 52.7 Å². The lowest BCUT2D eigenvalue weighted by atomic mass is 9.93. The number of hydrogen-bond donors (Lipinski definition) is 0. The van der Waals surface area contributed by atoms with E-state index in [-0.39, 0.29) is 11.6 Å². The van der Waals surface area contributed by atoms with E-state index in [1.54, 1.807) is 0 Å². The molecule has 1 heterocycles. The van der Waals surface area contributed by atoms with Crippen LogP contribution >= 0.6 is 0 Å². The Morgan fingerprint density at radius 1 is 0.628 bits per heavy atom. The van der Waals surface area contributed by atoms with Crippen LogP contribution in [-0.2, 0) is 44.8 Å². The minimum atomic E-state index is -5.19. The molecule has 4 aromatic rings. The molecule has 1 aromatic heterocycles. The molecule has 0 saturated heterocycles. The predicted molar refractivity (Wildman–Crippen MR) is 127 cm³/mol. The molecule has 0 unspecified atom stereocenters. The van der Waals surface area contributed by atoms with E-state index in [0.717, 1.165) is 27.9 Å². The minimum absolute atomic E-state index is 0.104. The molecule has 0 fully saturated rings. The maximum absolute atomic E-state index is 13.8. The van der Waals surface area contributed by atoms with Crippen molar-refractivity contribution in [1.29, 1.82) is 0 Å². The van der Waals surface area contributed by atoms with Gasteiger partial charge in [-0.15, -0.1) is 5.10 Å². The van der Waals surface area contributed by atoms with Crippen LogP contribution in [0.25, 0.3) is 11.1 Å². The van der Waals surface area contributed by atoms with Crippen LogP contribution in [-0.4, -0.2) is 20.2 Å². The number of benzene rings is 3. The minimum Gasteiger partial charge on any atom is -0.330 e. The van der Waals surface area contributed by atoms with E-state index in [1.807, 2.05) is 0 Å². The molecule has 4 rings (SSSR count). The van der Waals surface area contributed by atoms with Crippen LogP contribution in [0.2, 0.25) is 0 Å². The quantitative estimate of drug-likeness (QED) is 0.203. The Morgan fingerprint density at radius 2 is 1.21 bits per heavy atom. The fraction of sp³-hybridized carbons (Fsp3) is 0.269. The molecular formula is C26H17F12N5. The fourth-order valence-electron chi connectivity index (χ4n) is 4.26. The fourth-order valence-corrected chi connectivity index (χ4v) is 4.26. The second kappa shape index (κ2) is 11.1. The van der Waals surface area contributed by atoms with E-state index in [2.05, 4.69) is 15.4 Å². The van der Waals surface area contributed by atoms with Crippen molar-refractivity contribution in [2.75, 3.05) is 4.90 Å². The second-order valence-electron chi connectivity index (χ2n) is 9.26. The summed E-state index contributed by atoms with van der Waals surface area (Å²) in [6.45, 7) is -1.59. The van der Waals surface area contributed by atoms with E-state index in [0.29, 0.717) is 30.3 Å². The lowest BCUT2D eigenvalue weighted by molar-refractivity contribution is -0.143. The topological polar surface area (TPSA) is 46.8 Å². The molecule has 0 radical (unpaired) electrons. The maximum atomic E-state index is 13.8. The smallest absolute Gasteiger partial charge is 0.330 e. The van der Waals surface area contributed by atoms with Crippen LogP contribution < -0.4 is 4.90 Å². The van der Waals surface area contributed by atoms with Gasteiger partial charge in [-0.05, 0) is 63.9 Å². The molecule has 0 N–H and O–H groups in total. The largest absolute Gasteiger partial charge is 0.417 e. The van der Waals surface area contributed by atoms with Crippen molar-refractivity contribution in [2.24, 2.45) is 7.05 Å². The second-order valence-corrected chi connectivity index (χ2v) is 9.26. The highest BCUT2D eigenvalue weighted by atomic mass is 19.4. The molecule has 230 valence electrons. The zero-order chi connectivity index (χ0) is 32.0. The molecule has 0 bridgehead atoms. The first-order valence-electron chi connectivity index (χ1n) is 11.9. The normalized spacial score (nSPS) is 13.0. The van der Waals surface area contributed by atoms with Crippen LogP contribution in [0, 0.1) is 0 Å². The lowest BCUT2D eigenvalue weighted by Gasteiger charge is -2.25. The summed E-state index contributed by atoms with van der Waals surface area (Å²) < 4.78 is 163. The van der Waals surface area contributed by atoms with Gasteiger partial charge in [-0.25, -0.2) is 0 Å². The highest BCUT2D eigenvalue weighted by Crippen LogP contribution is 2.41. The number of aromatic nitrogens is 4. The van der Waals surface area contributed by atoms with Gasteiger partial charge in [0, 0.05) is 13.1 Å². The average molecular weight is 627 g/mol. The lowest BCUT2D eigenvalue weighted by Crippen LogP contribution is -2.25. The van der Waals surface area contributed by atoms with Gasteiger partial charge in [0.25, 0.3) is 5.95 Å². The molecule has 43 heavy (non-hydrogen) atoms. The molecule has 17 heteroatoms. The van der Waals surface area contributed by atoms with Crippen molar-refractivity contribution in [2.45, 2.75) is 37.8 Å². The SMILES string of the molecule is Cn1nnc(N(Cc2cc(C(F)(F)F)cc(C(F)(F)F)c2)Cc2cc(C(F)(F)F)ccc2-c2ccccc2C(F)(F)F)n1. The van der Waals surface area contributed by atoms with Crippen molar-refractivity contribution in [3.8, 4) is 11.1 Å². The molecular weight excluding hydrogens is 610 g/mol. The Hall–Kier alpha value is -4.31. The zero-order valence-corrected chi connectivity index (χ0v) is 21.5. The number of hydrogen-bond acceptors (Lipinski definition) is 4. The molecule has 0 spiro atoms. The number of halogens is 12. The first kappa shape index (κ1) is 31.6. The Kier molecular flexibility index (Phi) is 8.14. The van der Waals surface area contributed by atoms with Crippen LogP contribution in [0.4, 0.5) is 58.6 Å². The third kappa shape index (κ3) is 7.37. The average Bonchev–Trinajstić information content (AvgIpc) is 3.32. The van der Waals surface area contributed by atoms with Crippen molar-refractivity contribution in [1.82, 2.24) is 20.2 Å². The number of nitrogens with zero attached hydrogens (tertiary/aromatic N) is 5. The number of tetrazole rings is 1. The highest BCUT2D eigenvalue weighted by molar-refractivity contribution is 5.72. The van der Waals surface area contributed by atoms with Gasteiger partial charge in [-0.2, -0.15) is 57.5 Å². The van der Waals surface area contributed by atoms with Gasteiger partial charge >= 0.3 is 24.7 Å². The zero-order valence-electron chi connectivity index (χ0n) is 21.5. The number of rotatable bonds is 6. The van der Waals surface area contributed by atoms with Crippen LogP contribution in [0.5, 0.6) is 0 Å². The molecule has 0 saturated carbocycles. The number of aryl methyl sites for hydroxylation is 1. The van der Waals surface area contributed by atoms with Gasteiger partial charge in [-0.3, -0.25) is 0 Å². The third-order valence-electron chi connectivity index (χ3n) is 6.12. The van der Waals surface area contributed by atoms with Crippen molar-refractivity contribution in [3.05, 3.63) is 94.0 Å². The van der Waals surface area contributed by atoms with E-state index in [4.69, 9.17) is 0 Å². The summed E-state index contributed by atoms with van der Waals surface area (Å²) in [6, 6.07) is 6.62. The third-order valence-corrected chi connectivity index (χ3v) is 6.12. The summed E-state index contributed by atoms with van der Waals surface area (Å²) in [5, 5.41) is 11.1. The molecule has 0 aliphatic carbocycles. The molecule has 3 aromatic carbocycles. The van der Waals surface area contributed by atoms with Gasteiger partial charge in [0.1, 0.15) is 0 Å². The van der Waals surface area contributed by atoms with Gasteiger partial charge in [0.2, 0.25) is 0 Å². The Bertz CT molecular complexity index is 1570. The van der Waals surface area contributed by atoms with Crippen LogP contribution in [0.15, 0.2) is 60.7 Å². The van der Waals surface area contributed by atoms with Crippen molar-refractivity contribution in [3.63, 3.8) is 0 Å². The Labute approximate surface area is 234 Å².